The van der Waals surface area contributed by atoms with Crippen LogP contribution < -0.4 is 10.6 Å². The van der Waals surface area contributed by atoms with Crippen molar-refractivity contribution in [2.75, 3.05) is 31.8 Å². The van der Waals surface area contributed by atoms with Crippen LogP contribution in [0.15, 0.2) is 23.1 Å². The summed E-state index contributed by atoms with van der Waals surface area (Å²) in [5.74, 6) is -0.923. The lowest BCUT2D eigenvalue weighted by Crippen LogP contribution is -2.19. The van der Waals surface area contributed by atoms with Crippen molar-refractivity contribution in [2.24, 2.45) is 0 Å². The maximum Gasteiger partial charge on any atom is 0.338 e. The van der Waals surface area contributed by atoms with Gasteiger partial charge in [-0.3, -0.25) is 4.79 Å². The number of ether oxygens (including phenoxy) is 1. The molecule has 0 bridgehead atoms. The van der Waals surface area contributed by atoms with Gasteiger partial charge in [-0.05, 0) is 32.2 Å². The summed E-state index contributed by atoms with van der Waals surface area (Å²) in [5, 5.41) is 5.41. The zero-order valence-electron chi connectivity index (χ0n) is 13.2. The second kappa shape index (κ2) is 9.49. The highest BCUT2D eigenvalue weighted by atomic mass is 35.5. The molecule has 9 heteroatoms. The van der Waals surface area contributed by atoms with Gasteiger partial charge in [0.15, 0.2) is 9.84 Å². The smallest absolute Gasteiger partial charge is 0.338 e. The standard InChI is InChI=1S/C14H20N2O5S.ClH/c1-4-21-14(18)10-7-11(16-13(17)5-6-15-2)9-12(8-10)22(3,19)20;/h7-9,15H,4-6H2,1-3H3,(H,16,17);1H. The number of sulfone groups is 1. The van der Waals surface area contributed by atoms with Crippen molar-refractivity contribution in [3.63, 3.8) is 0 Å². The molecule has 0 fully saturated rings. The number of halogens is 1. The molecule has 0 aromatic heterocycles. The zero-order chi connectivity index (χ0) is 16.8. The first-order valence-electron chi connectivity index (χ1n) is 6.74. The Bertz CT molecular complexity index is 661. The Morgan fingerprint density at radius 1 is 1.22 bits per heavy atom. The van der Waals surface area contributed by atoms with Gasteiger partial charge in [0, 0.05) is 24.9 Å². The summed E-state index contributed by atoms with van der Waals surface area (Å²) in [5.41, 5.74) is 0.320. The summed E-state index contributed by atoms with van der Waals surface area (Å²) in [6, 6.07) is 3.94. The molecule has 0 aliphatic heterocycles. The van der Waals surface area contributed by atoms with Gasteiger partial charge < -0.3 is 15.4 Å². The van der Waals surface area contributed by atoms with Crippen LogP contribution in [0.25, 0.3) is 0 Å². The van der Waals surface area contributed by atoms with Crippen molar-refractivity contribution in [2.45, 2.75) is 18.2 Å². The topological polar surface area (TPSA) is 102 Å². The molecule has 0 radical (unpaired) electrons. The van der Waals surface area contributed by atoms with Crippen LogP contribution in [0.3, 0.4) is 0 Å². The molecule has 7 nitrogen and oxygen atoms in total. The van der Waals surface area contributed by atoms with E-state index >= 15 is 0 Å². The zero-order valence-corrected chi connectivity index (χ0v) is 14.8. The fraction of sp³-hybridized carbons (Fsp3) is 0.429. The lowest BCUT2D eigenvalue weighted by molar-refractivity contribution is -0.116. The number of carbonyl (C=O) groups is 2. The third-order valence-electron chi connectivity index (χ3n) is 2.73. The fourth-order valence-corrected chi connectivity index (χ4v) is 2.36. The van der Waals surface area contributed by atoms with E-state index in [1.165, 1.54) is 18.2 Å². The highest BCUT2D eigenvalue weighted by Gasteiger charge is 2.16. The number of hydrogen-bond acceptors (Lipinski definition) is 6. The average molecular weight is 365 g/mol. The van der Waals surface area contributed by atoms with Crippen LogP contribution in [-0.2, 0) is 19.4 Å². The van der Waals surface area contributed by atoms with E-state index in [2.05, 4.69) is 10.6 Å². The molecule has 0 aliphatic rings. The summed E-state index contributed by atoms with van der Waals surface area (Å²) in [4.78, 5) is 23.5. The summed E-state index contributed by atoms with van der Waals surface area (Å²) >= 11 is 0. The molecular weight excluding hydrogens is 344 g/mol. The second-order valence-electron chi connectivity index (χ2n) is 4.64. The van der Waals surface area contributed by atoms with Crippen LogP contribution in [0.1, 0.15) is 23.7 Å². The van der Waals surface area contributed by atoms with Gasteiger partial charge in [-0.15, -0.1) is 12.4 Å². The van der Waals surface area contributed by atoms with Crippen LogP contribution >= 0.6 is 12.4 Å². The minimum absolute atomic E-state index is 0. The maximum atomic E-state index is 11.8. The summed E-state index contributed by atoms with van der Waals surface area (Å²) in [6.45, 7) is 2.31. The van der Waals surface area contributed by atoms with E-state index in [1.807, 2.05) is 0 Å². The number of anilines is 1. The van der Waals surface area contributed by atoms with Gasteiger partial charge in [0.1, 0.15) is 0 Å². The molecule has 0 unspecified atom stereocenters. The first-order chi connectivity index (χ1) is 10.3. The first-order valence-corrected chi connectivity index (χ1v) is 8.63. The molecule has 130 valence electrons. The number of carbonyl (C=O) groups excluding carboxylic acids is 2. The molecule has 1 aromatic carbocycles. The van der Waals surface area contributed by atoms with Gasteiger partial charge in [-0.2, -0.15) is 0 Å². The monoisotopic (exact) mass is 364 g/mol. The molecule has 0 aliphatic carbocycles. The molecule has 1 rings (SSSR count). The van der Waals surface area contributed by atoms with Crippen LogP contribution in [-0.4, -0.2) is 46.7 Å². The van der Waals surface area contributed by atoms with Crippen LogP contribution in [0.5, 0.6) is 0 Å². The molecule has 1 amide bonds. The number of hydrogen-bond donors (Lipinski definition) is 2. The van der Waals surface area contributed by atoms with Crippen LogP contribution in [0, 0.1) is 0 Å². The van der Waals surface area contributed by atoms with E-state index in [0.717, 1.165) is 6.26 Å². The predicted octanol–water partition coefficient (Wildman–Crippen LogP) is 1.24. The summed E-state index contributed by atoms with van der Waals surface area (Å²) in [6.07, 6.45) is 1.26. The van der Waals surface area contributed by atoms with Crippen LogP contribution in [0.4, 0.5) is 5.69 Å². The Morgan fingerprint density at radius 2 is 1.87 bits per heavy atom. The molecule has 2 N–H and O–H groups in total. The maximum absolute atomic E-state index is 11.8. The average Bonchev–Trinajstić information content (AvgIpc) is 2.44. The van der Waals surface area contributed by atoms with E-state index in [1.54, 1.807) is 14.0 Å². The molecule has 23 heavy (non-hydrogen) atoms. The minimum atomic E-state index is -3.52. The lowest BCUT2D eigenvalue weighted by Gasteiger charge is -2.10. The van der Waals surface area contributed by atoms with Gasteiger partial charge >= 0.3 is 5.97 Å². The van der Waals surface area contributed by atoms with Gasteiger partial charge in [-0.25, -0.2) is 13.2 Å². The molecule has 0 atom stereocenters. The van der Waals surface area contributed by atoms with Crippen molar-refractivity contribution in [1.82, 2.24) is 5.32 Å². The summed E-state index contributed by atoms with van der Waals surface area (Å²) in [7, 11) is -1.80. The number of rotatable bonds is 7. The van der Waals surface area contributed by atoms with E-state index in [4.69, 9.17) is 4.74 Å². The van der Waals surface area contributed by atoms with E-state index in [-0.39, 0.29) is 47.5 Å². The number of esters is 1. The van der Waals surface area contributed by atoms with Gasteiger partial charge in [0.25, 0.3) is 0 Å². The normalized spacial score (nSPS) is 10.6. The fourth-order valence-electron chi connectivity index (χ4n) is 1.68. The molecule has 0 saturated heterocycles. The Balaban J connectivity index is 0.00000484. The largest absolute Gasteiger partial charge is 0.462 e. The molecule has 1 aromatic rings. The quantitative estimate of drug-likeness (QED) is 0.706. The van der Waals surface area contributed by atoms with Crippen molar-refractivity contribution in [3.8, 4) is 0 Å². The van der Waals surface area contributed by atoms with Crippen LogP contribution in [0.2, 0.25) is 0 Å². The Labute approximate surface area is 142 Å². The van der Waals surface area contributed by atoms with Gasteiger partial charge in [0.2, 0.25) is 5.91 Å². The summed E-state index contributed by atoms with van der Waals surface area (Å²) < 4.78 is 28.3. The van der Waals surface area contributed by atoms with Gasteiger partial charge in [0.05, 0.1) is 17.1 Å². The Kier molecular flexibility index (Phi) is 8.81. The highest BCUT2D eigenvalue weighted by Crippen LogP contribution is 2.20. The predicted molar refractivity (Wildman–Crippen MR) is 89.9 cm³/mol. The van der Waals surface area contributed by atoms with Crippen molar-refractivity contribution in [3.05, 3.63) is 23.8 Å². The molecule has 0 saturated carbocycles. The lowest BCUT2D eigenvalue weighted by atomic mass is 10.2. The Morgan fingerprint density at radius 3 is 2.39 bits per heavy atom. The minimum Gasteiger partial charge on any atom is -0.462 e. The molecule has 0 heterocycles. The van der Waals surface area contributed by atoms with Crippen molar-refractivity contribution >= 4 is 39.8 Å². The second-order valence-corrected chi connectivity index (χ2v) is 6.66. The number of nitrogens with one attached hydrogen (secondary N) is 2. The SMILES string of the molecule is CCOC(=O)c1cc(NC(=O)CCNC)cc(S(C)(=O)=O)c1.Cl. The van der Waals surface area contributed by atoms with E-state index < -0.39 is 15.8 Å². The third kappa shape index (κ3) is 6.98. The number of amides is 1. The Hall–Kier alpha value is -1.64. The van der Waals surface area contributed by atoms with Gasteiger partial charge in [-0.1, -0.05) is 0 Å². The third-order valence-corrected chi connectivity index (χ3v) is 3.82. The molecular formula is C14H21ClN2O5S. The molecule has 0 spiro atoms. The first kappa shape index (κ1) is 21.4. The van der Waals surface area contributed by atoms with E-state index in [0.29, 0.717) is 6.54 Å². The van der Waals surface area contributed by atoms with E-state index in [9.17, 15) is 18.0 Å². The highest BCUT2D eigenvalue weighted by molar-refractivity contribution is 7.90. The number of benzene rings is 1. The van der Waals surface area contributed by atoms with Crippen molar-refractivity contribution < 1.29 is 22.7 Å². The van der Waals surface area contributed by atoms with Crippen molar-refractivity contribution in [1.29, 1.82) is 0 Å².